The van der Waals surface area contributed by atoms with Gasteiger partial charge < -0.3 is 10.6 Å². The van der Waals surface area contributed by atoms with Gasteiger partial charge in [0, 0.05) is 5.69 Å². The molecule has 0 radical (unpaired) electrons. The Morgan fingerprint density at radius 2 is 1.83 bits per heavy atom. The molecule has 0 atom stereocenters. The van der Waals surface area contributed by atoms with Crippen LogP contribution < -0.4 is 10.6 Å². The normalized spacial score (nSPS) is 15.6. The third-order valence-corrected chi connectivity index (χ3v) is 4.12. The molecule has 1 aliphatic heterocycles. The number of nitrogens with one attached hydrogen (secondary N) is 2. The van der Waals surface area contributed by atoms with Crippen molar-refractivity contribution in [3.63, 3.8) is 0 Å². The molecule has 2 N–H and O–H groups in total. The van der Waals surface area contributed by atoms with Crippen molar-refractivity contribution in [2.45, 2.75) is 13.1 Å². The zero-order valence-electron chi connectivity index (χ0n) is 15.2. The Morgan fingerprint density at radius 1 is 1.14 bits per heavy atom. The van der Waals surface area contributed by atoms with E-state index in [1.165, 1.54) is 12.1 Å². The second kappa shape index (κ2) is 7.78. The minimum Gasteiger partial charge on any atom is -0.325 e. The highest BCUT2D eigenvalue weighted by Gasteiger charge is 2.35. The lowest BCUT2D eigenvalue weighted by Gasteiger charge is -2.12. The van der Waals surface area contributed by atoms with Crippen molar-refractivity contribution in [2.24, 2.45) is 0 Å². The fourth-order valence-electron chi connectivity index (χ4n) is 2.67. The Labute approximate surface area is 164 Å². The number of urea groups is 1. The van der Waals surface area contributed by atoms with Crippen molar-refractivity contribution in [1.82, 2.24) is 10.2 Å². The molecule has 0 bridgehead atoms. The first-order valence-electron chi connectivity index (χ1n) is 8.52. The second-order valence-corrected chi connectivity index (χ2v) is 6.42. The first-order valence-corrected chi connectivity index (χ1v) is 8.52. The average molecular weight is 403 g/mol. The fraction of sp³-hybridized carbons (Fsp3) is 0.150. The standard InChI is InChI=1S/C20H16F3N3O3/c1-12-5-7-15(8-6-12)24-17(27)11-26-18(28)16(25-19(26)29)10-13-3-2-4-14(9-13)20(21,22)23/h2-10H,11H2,1H3,(H,24,27)(H,25,29)/b16-10+. The van der Waals surface area contributed by atoms with Crippen molar-refractivity contribution >= 4 is 29.6 Å². The van der Waals surface area contributed by atoms with Gasteiger partial charge in [0.1, 0.15) is 12.2 Å². The van der Waals surface area contributed by atoms with Crippen LogP contribution >= 0.6 is 0 Å². The van der Waals surface area contributed by atoms with Crippen LogP contribution in [0, 0.1) is 6.92 Å². The predicted octanol–water partition coefficient (Wildman–Crippen LogP) is 3.55. The quantitative estimate of drug-likeness (QED) is 0.606. The summed E-state index contributed by atoms with van der Waals surface area (Å²) in [6, 6.07) is 10.4. The highest BCUT2D eigenvalue weighted by atomic mass is 19.4. The van der Waals surface area contributed by atoms with E-state index in [1.54, 1.807) is 24.3 Å². The summed E-state index contributed by atoms with van der Waals surface area (Å²) in [6.45, 7) is 1.36. The van der Waals surface area contributed by atoms with Crippen molar-refractivity contribution in [2.75, 3.05) is 11.9 Å². The van der Waals surface area contributed by atoms with Crippen LogP contribution in [0.25, 0.3) is 6.08 Å². The number of nitrogens with zero attached hydrogens (tertiary/aromatic N) is 1. The zero-order chi connectivity index (χ0) is 21.2. The van der Waals surface area contributed by atoms with E-state index in [9.17, 15) is 27.6 Å². The Morgan fingerprint density at radius 3 is 2.48 bits per heavy atom. The lowest BCUT2D eigenvalue weighted by atomic mass is 10.1. The molecular weight excluding hydrogens is 387 g/mol. The number of halogens is 3. The molecule has 0 aliphatic carbocycles. The van der Waals surface area contributed by atoms with Gasteiger partial charge in [-0.3, -0.25) is 9.59 Å². The van der Waals surface area contributed by atoms with E-state index in [0.717, 1.165) is 23.8 Å². The molecule has 0 spiro atoms. The number of amides is 4. The summed E-state index contributed by atoms with van der Waals surface area (Å²) in [5.41, 5.74) is 0.513. The van der Waals surface area contributed by atoms with Crippen LogP contribution in [-0.4, -0.2) is 29.3 Å². The molecule has 0 aromatic heterocycles. The van der Waals surface area contributed by atoms with Crippen LogP contribution in [0.15, 0.2) is 54.2 Å². The minimum absolute atomic E-state index is 0.0921. The maximum Gasteiger partial charge on any atom is 0.416 e. The summed E-state index contributed by atoms with van der Waals surface area (Å²) < 4.78 is 38.4. The van der Waals surface area contributed by atoms with E-state index in [0.29, 0.717) is 10.6 Å². The number of hydrogen-bond donors (Lipinski definition) is 2. The molecule has 6 nitrogen and oxygen atoms in total. The minimum atomic E-state index is -4.53. The van der Waals surface area contributed by atoms with E-state index in [4.69, 9.17) is 0 Å². The maximum absolute atomic E-state index is 12.8. The highest BCUT2D eigenvalue weighted by Crippen LogP contribution is 2.30. The molecule has 1 aliphatic rings. The zero-order valence-corrected chi connectivity index (χ0v) is 15.2. The predicted molar refractivity (Wildman–Crippen MR) is 99.5 cm³/mol. The number of carbonyl (C=O) groups excluding carboxylic acids is 3. The molecule has 150 valence electrons. The average Bonchev–Trinajstić information content (AvgIpc) is 2.90. The number of alkyl halides is 3. The molecule has 9 heteroatoms. The Bertz CT molecular complexity index is 998. The molecule has 1 saturated heterocycles. The third-order valence-electron chi connectivity index (χ3n) is 4.12. The molecule has 2 aromatic carbocycles. The van der Waals surface area contributed by atoms with Gasteiger partial charge in [0.2, 0.25) is 5.91 Å². The van der Waals surface area contributed by atoms with Gasteiger partial charge in [-0.1, -0.05) is 29.8 Å². The van der Waals surface area contributed by atoms with Crippen LogP contribution in [0.1, 0.15) is 16.7 Å². The summed E-state index contributed by atoms with van der Waals surface area (Å²) in [4.78, 5) is 37.3. The van der Waals surface area contributed by atoms with Gasteiger partial charge in [0.15, 0.2) is 0 Å². The maximum atomic E-state index is 12.8. The number of rotatable bonds is 4. The van der Waals surface area contributed by atoms with Gasteiger partial charge in [-0.15, -0.1) is 0 Å². The van der Waals surface area contributed by atoms with Crippen LogP contribution in [0.4, 0.5) is 23.7 Å². The Balaban J connectivity index is 1.71. The lowest BCUT2D eigenvalue weighted by molar-refractivity contribution is -0.137. The number of carbonyl (C=O) groups is 3. The van der Waals surface area contributed by atoms with E-state index in [2.05, 4.69) is 10.6 Å². The van der Waals surface area contributed by atoms with E-state index < -0.39 is 36.1 Å². The number of aryl methyl sites for hydroxylation is 1. The Hall–Kier alpha value is -3.62. The van der Waals surface area contributed by atoms with Gasteiger partial charge in [-0.25, -0.2) is 9.69 Å². The smallest absolute Gasteiger partial charge is 0.325 e. The molecule has 29 heavy (non-hydrogen) atoms. The van der Waals surface area contributed by atoms with Gasteiger partial charge >= 0.3 is 12.2 Å². The fourth-order valence-corrected chi connectivity index (χ4v) is 2.67. The molecule has 1 fully saturated rings. The van der Waals surface area contributed by atoms with Crippen molar-refractivity contribution in [3.8, 4) is 0 Å². The molecule has 4 amide bonds. The largest absolute Gasteiger partial charge is 0.416 e. The second-order valence-electron chi connectivity index (χ2n) is 6.42. The lowest BCUT2D eigenvalue weighted by Crippen LogP contribution is -2.38. The summed E-state index contributed by atoms with van der Waals surface area (Å²) in [7, 11) is 0. The van der Waals surface area contributed by atoms with Gasteiger partial charge in [0.25, 0.3) is 5.91 Å². The molecule has 2 aromatic rings. The first-order chi connectivity index (χ1) is 13.6. The molecule has 0 saturated carbocycles. The summed E-state index contributed by atoms with van der Waals surface area (Å²) in [5, 5.41) is 4.84. The van der Waals surface area contributed by atoms with E-state index in [1.807, 2.05) is 6.92 Å². The van der Waals surface area contributed by atoms with Crippen LogP contribution in [0.5, 0.6) is 0 Å². The van der Waals surface area contributed by atoms with Gasteiger partial charge in [0.05, 0.1) is 5.56 Å². The van der Waals surface area contributed by atoms with Crippen molar-refractivity contribution < 1.29 is 27.6 Å². The van der Waals surface area contributed by atoms with Crippen molar-refractivity contribution in [1.29, 1.82) is 0 Å². The number of benzene rings is 2. The van der Waals surface area contributed by atoms with Crippen LogP contribution in [-0.2, 0) is 15.8 Å². The summed E-state index contributed by atoms with van der Waals surface area (Å²) in [6.07, 6.45) is -3.40. The summed E-state index contributed by atoms with van der Waals surface area (Å²) >= 11 is 0. The first kappa shape index (κ1) is 20.1. The summed E-state index contributed by atoms with van der Waals surface area (Å²) in [5.74, 6) is -1.39. The van der Waals surface area contributed by atoms with Crippen LogP contribution in [0.3, 0.4) is 0 Å². The topological polar surface area (TPSA) is 78.5 Å². The SMILES string of the molecule is Cc1ccc(NC(=O)CN2C(=O)N/C(=C/c3cccc(C(F)(F)F)c3)C2=O)cc1. The van der Waals surface area contributed by atoms with E-state index >= 15 is 0 Å². The molecule has 3 rings (SSSR count). The van der Waals surface area contributed by atoms with Gasteiger partial charge in [-0.2, -0.15) is 13.2 Å². The van der Waals surface area contributed by atoms with Gasteiger partial charge in [-0.05, 0) is 42.8 Å². The number of hydrogen-bond acceptors (Lipinski definition) is 3. The number of anilines is 1. The molecular formula is C20H16F3N3O3. The molecule has 0 unspecified atom stereocenters. The number of imide groups is 1. The van der Waals surface area contributed by atoms with Crippen LogP contribution in [0.2, 0.25) is 0 Å². The Kier molecular flexibility index (Phi) is 5.40. The molecule has 1 heterocycles. The third kappa shape index (κ3) is 4.81. The van der Waals surface area contributed by atoms with Crippen molar-refractivity contribution in [3.05, 3.63) is 70.9 Å². The monoisotopic (exact) mass is 403 g/mol. The highest BCUT2D eigenvalue weighted by molar-refractivity contribution is 6.15. The van der Waals surface area contributed by atoms with E-state index in [-0.39, 0.29) is 11.3 Å².